The van der Waals surface area contributed by atoms with Gasteiger partial charge in [-0.3, -0.25) is 0 Å². The van der Waals surface area contributed by atoms with Crippen LogP contribution >= 0.6 is 27.5 Å². The van der Waals surface area contributed by atoms with E-state index in [2.05, 4.69) is 21.2 Å². The number of benzene rings is 2. The van der Waals surface area contributed by atoms with Crippen LogP contribution in [0, 0.1) is 0 Å². The van der Waals surface area contributed by atoms with Crippen molar-refractivity contribution in [3.63, 3.8) is 0 Å². The smallest absolute Gasteiger partial charge is 0.125 e. The molecule has 0 amide bonds. The Morgan fingerprint density at radius 1 is 1.30 bits per heavy atom. The maximum atomic E-state index is 9.67. The quantitative estimate of drug-likeness (QED) is 0.841. The van der Waals surface area contributed by atoms with Crippen molar-refractivity contribution in [2.45, 2.75) is 6.04 Å². The number of methoxy groups -OCH3 is 1. The molecule has 0 spiro atoms. The minimum atomic E-state index is -0.340. The molecule has 0 aliphatic rings. The first-order valence-electron chi connectivity index (χ1n) is 6.11. The predicted molar refractivity (Wildman–Crippen MR) is 85.6 cm³/mol. The molecule has 0 aliphatic heterocycles. The van der Waals surface area contributed by atoms with Crippen LogP contribution in [-0.2, 0) is 0 Å². The largest absolute Gasteiger partial charge is 0.496 e. The van der Waals surface area contributed by atoms with Crippen LogP contribution in [-0.4, -0.2) is 18.8 Å². The normalized spacial score (nSPS) is 12.0. The summed E-state index contributed by atoms with van der Waals surface area (Å²) in [6.45, 7) is -0.0907. The SMILES string of the molecule is COc1cccc(Cl)c1C(CO)Nc1cccc(Br)c1. The number of hydrogen-bond donors (Lipinski definition) is 2. The zero-order chi connectivity index (χ0) is 14.5. The second-order valence-corrected chi connectivity index (χ2v) is 5.57. The number of halogens is 2. The Bertz CT molecular complexity index is 592. The van der Waals surface area contributed by atoms with Gasteiger partial charge < -0.3 is 15.2 Å². The highest BCUT2D eigenvalue weighted by atomic mass is 79.9. The van der Waals surface area contributed by atoms with Crippen molar-refractivity contribution in [2.75, 3.05) is 19.0 Å². The van der Waals surface area contributed by atoms with Gasteiger partial charge in [-0.05, 0) is 30.3 Å². The van der Waals surface area contributed by atoms with E-state index in [1.165, 1.54) is 0 Å². The summed E-state index contributed by atoms with van der Waals surface area (Å²) in [5.41, 5.74) is 1.64. The number of ether oxygens (including phenoxy) is 1. The predicted octanol–water partition coefficient (Wildman–Crippen LogP) is 4.26. The molecular weight excluding hydrogens is 342 g/mol. The summed E-state index contributed by atoms with van der Waals surface area (Å²) in [5, 5.41) is 13.5. The summed E-state index contributed by atoms with van der Waals surface area (Å²) in [6.07, 6.45) is 0. The van der Waals surface area contributed by atoms with Gasteiger partial charge in [0, 0.05) is 20.7 Å². The van der Waals surface area contributed by atoms with E-state index in [1.807, 2.05) is 36.4 Å². The Balaban J connectivity index is 2.33. The van der Waals surface area contributed by atoms with Gasteiger partial charge >= 0.3 is 0 Å². The van der Waals surface area contributed by atoms with Crippen molar-refractivity contribution in [3.05, 3.63) is 57.5 Å². The van der Waals surface area contributed by atoms with Crippen molar-refractivity contribution in [3.8, 4) is 5.75 Å². The average molecular weight is 357 g/mol. The Labute approximate surface area is 131 Å². The molecule has 2 N–H and O–H groups in total. The van der Waals surface area contributed by atoms with Gasteiger partial charge in [0.2, 0.25) is 0 Å². The maximum absolute atomic E-state index is 9.67. The zero-order valence-corrected chi connectivity index (χ0v) is 13.3. The number of aliphatic hydroxyl groups excluding tert-OH is 1. The lowest BCUT2D eigenvalue weighted by Crippen LogP contribution is -2.16. The van der Waals surface area contributed by atoms with E-state index in [4.69, 9.17) is 16.3 Å². The third-order valence-electron chi connectivity index (χ3n) is 2.93. The highest BCUT2D eigenvalue weighted by molar-refractivity contribution is 9.10. The summed E-state index contributed by atoms with van der Waals surface area (Å²) in [7, 11) is 1.59. The number of hydrogen-bond acceptors (Lipinski definition) is 3. The molecule has 2 rings (SSSR count). The second kappa shape index (κ2) is 6.97. The van der Waals surface area contributed by atoms with Crippen LogP contribution in [0.15, 0.2) is 46.9 Å². The molecule has 0 radical (unpaired) electrons. The van der Waals surface area contributed by atoms with Crippen LogP contribution in [0.1, 0.15) is 11.6 Å². The second-order valence-electron chi connectivity index (χ2n) is 4.25. The van der Waals surface area contributed by atoms with Gasteiger partial charge in [-0.1, -0.05) is 39.7 Å². The fourth-order valence-corrected chi connectivity index (χ4v) is 2.72. The third kappa shape index (κ3) is 3.45. The monoisotopic (exact) mass is 355 g/mol. The van der Waals surface area contributed by atoms with Crippen LogP contribution in [0.3, 0.4) is 0 Å². The van der Waals surface area contributed by atoms with Crippen LogP contribution < -0.4 is 10.1 Å². The van der Waals surface area contributed by atoms with E-state index in [0.29, 0.717) is 10.8 Å². The van der Waals surface area contributed by atoms with E-state index < -0.39 is 0 Å². The standard InChI is InChI=1S/C15H15BrClNO2/c1-20-14-7-3-6-12(17)15(14)13(9-19)18-11-5-2-4-10(16)8-11/h2-8,13,18-19H,9H2,1H3. The molecule has 20 heavy (non-hydrogen) atoms. The molecule has 2 aromatic carbocycles. The average Bonchev–Trinajstić information content (AvgIpc) is 2.45. The van der Waals surface area contributed by atoms with Crippen LogP contribution in [0.4, 0.5) is 5.69 Å². The zero-order valence-electron chi connectivity index (χ0n) is 10.9. The fourth-order valence-electron chi connectivity index (χ4n) is 2.02. The van der Waals surface area contributed by atoms with Gasteiger partial charge in [0.25, 0.3) is 0 Å². The van der Waals surface area contributed by atoms with Crippen LogP contribution in [0.25, 0.3) is 0 Å². The Morgan fingerprint density at radius 3 is 2.70 bits per heavy atom. The number of nitrogens with one attached hydrogen (secondary N) is 1. The Kier molecular flexibility index (Phi) is 5.29. The van der Waals surface area contributed by atoms with Crippen molar-refractivity contribution in [1.82, 2.24) is 0 Å². The van der Waals surface area contributed by atoms with Gasteiger partial charge in [-0.15, -0.1) is 0 Å². The molecule has 0 bridgehead atoms. The van der Waals surface area contributed by atoms with E-state index in [9.17, 15) is 5.11 Å². The highest BCUT2D eigenvalue weighted by Crippen LogP contribution is 2.34. The van der Waals surface area contributed by atoms with E-state index >= 15 is 0 Å². The highest BCUT2D eigenvalue weighted by Gasteiger charge is 2.18. The number of aliphatic hydroxyl groups is 1. The molecule has 0 saturated carbocycles. The van der Waals surface area contributed by atoms with Crippen LogP contribution in [0.5, 0.6) is 5.75 Å². The maximum Gasteiger partial charge on any atom is 0.125 e. The summed E-state index contributed by atoms with van der Waals surface area (Å²) >= 11 is 9.66. The summed E-state index contributed by atoms with van der Waals surface area (Å²) in [5.74, 6) is 0.652. The minimum absolute atomic E-state index is 0.0907. The molecule has 0 fully saturated rings. The molecular formula is C15H15BrClNO2. The molecule has 0 heterocycles. The van der Waals surface area contributed by atoms with Gasteiger partial charge in [0.1, 0.15) is 5.75 Å². The van der Waals surface area contributed by atoms with Gasteiger partial charge in [-0.2, -0.15) is 0 Å². The van der Waals surface area contributed by atoms with Crippen molar-refractivity contribution < 1.29 is 9.84 Å². The first-order valence-corrected chi connectivity index (χ1v) is 7.28. The first kappa shape index (κ1) is 15.2. The molecule has 0 aromatic heterocycles. The summed E-state index contributed by atoms with van der Waals surface area (Å²) < 4.78 is 6.29. The van der Waals surface area contributed by atoms with Gasteiger partial charge in [0.15, 0.2) is 0 Å². The molecule has 1 atom stereocenters. The van der Waals surface area contributed by atoms with Gasteiger partial charge in [0.05, 0.1) is 19.8 Å². The topological polar surface area (TPSA) is 41.5 Å². The van der Waals surface area contributed by atoms with E-state index in [-0.39, 0.29) is 12.6 Å². The Morgan fingerprint density at radius 2 is 2.05 bits per heavy atom. The van der Waals surface area contributed by atoms with Crippen molar-refractivity contribution >= 4 is 33.2 Å². The lowest BCUT2D eigenvalue weighted by molar-refractivity contribution is 0.273. The van der Waals surface area contributed by atoms with Crippen molar-refractivity contribution in [2.24, 2.45) is 0 Å². The lowest BCUT2D eigenvalue weighted by Gasteiger charge is -2.21. The van der Waals surface area contributed by atoms with Crippen molar-refractivity contribution in [1.29, 1.82) is 0 Å². The molecule has 1 unspecified atom stereocenters. The first-order chi connectivity index (χ1) is 9.65. The Hall–Kier alpha value is -1.23. The summed E-state index contributed by atoms with van der Waals surface area (Å²) in [4.78, 5) is 0. The van der Waals surface area contributed by atoms with Gasteiger partial charge in [-0.25, -0.2) is 0 Å². The molecule has 0 saturated heterocycles. The fraction of sp³-hybridized carbons (Fsp3) is 0.200. The lowest BCUT2D eigenvalue weighted by atomic mass is 10.1. The molecule has 5 heteroatoms. The summed E-state index contributed by atoms with van der Waals surface area (Å²) in [6, 6.07) is 12.8. The molecule has 106 valence electrons. The van der Waals surface area contributed by atoms with E-state index in [0.717, 1.165) is 15.7 Å². The van der Waals surface area contributed by atoms with E-state index in [1.54, 1.807) is 13.2 Å². The molecule has 3 nitrogen and oxygen atoms in total. The molecule has 0 aliphatic carbocycles. The third-order valence-corrected chi connectivity index (χ3v) is 3.75. The minimum Gasteiger partial charge on any atom is -0.496 e. The van der Waals surface area contributed by atoms with Crippen LogP contribution in [0.2, 0.25) is 5.02 Å². The molecule has 2 aromatic rings. The number of anilines is 1. The number of rotatable bonds is 5.